The van der Waals surface area contributed by atoms with Gasteiger partial charge in [-0.15, -0.1) is 0 Å². The van der Waals surface area contributed by atoms with E-state index in [4.69, 9.17) is 26.0 Å². The van der Waals surface area contributed by atoms with E-state index in [1.807, 2.05) is 48.5 Å². The summed E-state index contributed by atoms with van der Waals surface area (Å²) < 4.78 is 8.40. The van der Waals surface area contributed by atoms with Crippen LogP contribution in [-0.2, 0) is 0 Å². The summed E-state index contributed by atoms with van der Waals surface area (Å²) in [5, 5.41) is 8.43. The molecule has 3 heterocycles. The third-order valence-corrected chi connectivity index (χ3v) is 8.27. The number of furan rings is 1. The van der Waals surface area contributed by atoms with Gasteiger partial charge in [0.1, 0.15) is 11.2 Å². The minimum atomic E-state index is 0.621. The van der Waals surface area contributed by atoms with Crippen LogP contribution in [0.1, 0.15) is 0 Å². The van der Waals surface area contributed by atoms with Crippen LogP contribution in [0, 0.1) is 0 Å². The molecule has 5 heteroatoms. The largest absolute Gasteiger partial charge is 0.456 e. The molecule has 0 aliphatic heterocycles. The first-order valence-corrected chi connectivity index (χ1v) is 13.9. The van der Waals surface area contributed by atoms with Gasteiger partial charge in [0, 0.05) is 37.5 Å². The summed E-state index contributed by atoms with van der Waals surface area (Å²) in [5.41, 5.74) is 6.54. The molecule has 9 rings (SSSR count). The van der Waals surface area contributed by atoms with Crippen LogP contribution >= 0.6 is 11.6 Å². The quantitative estimate of drug-likeness (QED) is 0.217. The number of halogens is 1. The predicted molar refractivity (Wildman–Crippen MR) is 169 cm³/mol. The molecule has 3 aromatic heterocycles. The van der Waals surface area contributed by atoms with E-state index in [0.717, 1.165) is 76.7 Å². The topological polar surface area (TPSA) is 43.9 Å². The molecule has 0 amide bonds. The third kappa shape index (κ3) is 3.35. The van der Waals surface area contributed by atoms with Crippen LogP contribution in [0.5, 0.6) is 0 Å². The third-order valence-electron chi connectivity index (χ3n) is 8.04. The molecule has 0 N–H and O–H groups in total. The molecule has 0 saturated carbocycles. The first-order valence-electron chi connectivity index (χ1n) is 13.5. The Balaban J connectivity index is 1.36. The molecule has 0 aliphatic carbocycles. The van der Waals surface area contributed by atoms with E-state index < -0.39 is 0 Å². The standard InChI is InChI=1S/C36H20ClN3O/c37-24-15-13-21-18-29-25-7-2-5-11-31(25)40(32(29)19-23(21)17-24)36-38-30-10-4-1-9-28(30)35(39-36)22-14-16-27-26-8-3-6-12-33(26)41-34(27)20-22/h1-20H. The van der Waals surface area contributed by atoms with Crippen LogP contribution in [-0.4, -0.2) is 14.5 Å². The monoisotopic (exact) mass is 545 g/mol. The fraction of sp³-hybridized carbons (Fsp3) is 0. The molecule has 0 saturated heterocycles. The highest BCUT2D eigenvalue weighted by Crippen LogP contribution is 2.37. The number of nitrogens with zero attached hydrogens (tertiary/aromatic N) is 3. The molecular weight excluding hydrogens is 526 g/mol. The van der Waals surface area contributed by atoms with Crippen molar-refractivity contribution in [3.05, 3.63) is 126 Å². The van der Waals surface area contributed by atoms with Crippen molar-refractivity contribution in [3.63, 3.8) is 0 Å². The van der Waals surface area contributed by atoms with Gasteiger partial charge in [0.25, 0.3) is 0 Å². The number of aromatic nitrogens is 3. The maximum absolute atomic E-state index is 6.39. The summed E-state index contributed by atoms with van der Waals surface area (Å²) in [4.78, 5) is 10.4. The summed E-state index contributed by atoms with van der Waals surface area (Å²) in [5.74, 6) is 0.621. The second-order valence-corrected chi connectivity index (χ2v) is 10.8. The predicted octanol–water partition coefficient (Wildman–Crippen LogP) is 10.1. The Kier molecular flexibility index (Phi) is 4.63. The second-order valence-electron chi connectivity index (χ2n) is 10.4. The minimum absolute atomic E-state index is 0.621. The van der Waals surface area contributed by atoms with E-state index in [2.05, 4.69) is 77.4 Å². The molecule has 0 bridgehead atoms. The van der Waals surface area contributed by atoms with Crippen molar-refractivity contribution < 1.29 is 4.42 Å². The highest BCUT2D eigenvalue weighted by Gasteiger charge is 2.18. The molecule has 0 spiro atoms. The second kappa shape index (κ2) is 8.40. The van der Waals surface area contributed by atoms with Crippen molar-refractivity contribution >= 4 is 77.0 Å². The van der Waals surface area contributed by atoms with Gasteiger partial charge in [-0.25, -0.2) is 9.97 Å². The number of para-hydroxylation sites is 3. The number of fused-ring (bicyclic) bond motifs is 8. The van der Waals surface area contributed by atoms with Crippen molar-refractivity contribution in [2.24, 2.45) is 0 Å². The molecule has 41 heavy (non-hydrogen) atoms. The fourth-order valence-electron chi connectivity index (χ4n) is 6.16. The average molecular weight is 546 g/mol. The van der Waals surface area contributed by atoms with E-state index in [1.54, 1.807) is 0 Å². The van der Waals surface area contributed by atoms with Crippen LogP contribution in [0.25, 0.3) is 82.6 Å². The van der Waals surface area contributed by atoms with Gasteiger partial charge < -0.3 is 4.42 Å². The smallest absolute Gasteiger partial charge is 0.235 e. The lowest BCUT2D eigenvalue weighted by atomic mass is 10.0. The lowest BCUT2D eigenvalue weighted by Gasteiger charge is -2.12. The first-order chi connectivity index (χ1) is 20.2. The van der Waals surface area contributed by atoms with Gasteiger partial charge in [0.05, 0.1) is 22.2 Å². The summed E-state index contributed by atoms with van der Waals surface area (Å²) >= 11 is 6.39. The molecule has 0 radical (unpaired) electrons. The lowest BCUT2D eigenvalue weighted by Crippen LogP contribution is -2.03. The minimum Gasteiger partial charge on any atom is -0.456 e. The van der Waals surface area contributed by atoms with Crippen LogP contribution in [0.2, 0.25) is 5.02 Å². The van der Waals surface area contributed by atoms with Gasteiger partial charge in [-0.1, -0.05) is 78.3 Å². The molecule has 9 aromatic rings. The zero-order valence-electron chi connectivity index (χ0n) is 21.7. The summed E-state index contributed by atoms with van der Waals surface area (Å²) in [7, 11) is 0. The van der Waals surface area contributed by atoms with E-state index >= 15 is 0 Å². The number of benzene rings is 6. The van der Waals surface area contributed by atoms with Crippen LogP contribution in [0.15, 0.2) is 126 Å². The highest BCUT2D eigenvalue weighted by atomic mass is 35.5. The molecule has 0 aliphatic rings. The molecule has 0 unspecified atom stereocenters. The average Bonchev–Trinajstić information content (AvgIpc) is 3.54. The Labute approximate surface area is 239 Å². The summed E-state index contributed by atoms with van der Waals surface area (Å²) in [6.07, 6.45) is 0. The summed E-state index contributed by atoms with van der Waals surface area (Å²) in [6.45, 7) is 0. The van der Waals surface area contributed by atoms with E-state index in [0.29, 0.717) is 11.0 Å². The highest BCUT2D eigenvalue weighted by molar-refractivity contribution is 6.31. The van der Waals surface area contributed by atoms with Crippen LogP contribution in [0.4, 0.5) is 0 Å². The fourth-order valence-corrected chi connectivity index (χ4v) is 6.34. The molecule has 0 atom stereocenters. The molecule has 192 valence electrons. The van der Waals surface area contributed by atoms with Gasteiger partial charge in [0.2, 0.25) is 5.95 Å². The van der Waals surface area contributed by atoms with Crippen molar-refractivity contribution in [2.45, 2.75) is 0 Å². The zero-order chi connectivity index (χ0) is 27.1. The molecule has 6 aromatic carbocycles. The Morgan fingerprint density at radius 3 is 2.24 bits per heavy atom. The normalized spacial score (nSPS) is 12.0. The maximum atomic E-state index is 6.39. The van der Waals surface area contributed by atoms with Crippen molar-refractivity contribution in [3.8, 4) is 17.2 Å². The van der Waals surface area contributed by atoms with Crippen molar-refractivity contribution in [2.75, 3.05) is 0 Å². The van der Waals surface area contributed by atoms with Gasteiger partial charge in [-0.2, -0.15) is 0 Å². The Hall–Kier alpha value is -5.19. The van der Waals surface area contributed by atoms with E-state index in [1.165, 1.54) is 0 Å². The number of hydrogen-bond donors (Lipinski definition) is 0. The first kappa shape index (κ1) is 22.6. The molecular formula is C36H20ClN3O. The summed E-state index contributed by atoms with van der Waals surface area (Å²) in [6, 6.07) is 41.5. The molecule has 4 nitrogen and oxygen atoms in total. The Morgan fingerprint density at radius 2 is 1.32 bits per heavy atom. The van der Waals surface area contributed by atoms with Gasteiger partial charge in [0.15, 0.2) is 0 Å². The maximum Gasteiger partial charge on any atom is 0.235 e. The Morgan fingerprint density at radius 1 is 0.537 bits per heavy atom. The Bertz CT molecular complexity index is 2510. The number of rotatable bonds is 2. The molecule has 0 fully saturated rings. The SMILES string of the molecule is Clc1ccc2cc3c4ccccc4n(-c4nc(-c5ccc6c(c5)oc5ccccc56)c5ccccc5n4)c3cc2c1. The zero-order valence-corrected chi connectivity index (χ0v) is 22.4. The van der Waals surface area contributed by atoms with Gasteiger partial charge in [-0.3, -0.25) is 4.57 Å². The van der Waals surface area contributed by atoms with Gasteiger partial charge in [-0.05, 0) is 65.4 Å². The lowest BCUT2D eigenvalue weighted by molar-refractivity contribution is 0.669. The van der Waals surface area contributed by atoms with Crippen LogP contribution in [0.3, 0.4) is 0 Å². The van der Waals surface area contributed by atoms with E-state index in [-0.39, 0.29) is 0 Å². The van der Waals surface area contributed by atoms with Gasteiger partial charge >= 0.3 is 0 Å². The van der Waals surface area contributed by atoms with Crippen LogP contribution < -0.4 is 0 Å². The van der Waals surface area contributed by atoms with Crippen molar-refractivity contribution in [1.82, 2.24) is 14.5 Å². The van der Waals surface area contributed by atoms with E-state index in [9.17, 15) is 0 Å². The number of hydrogen-bond acceptors (Lipinski definition) is 3. The van der Waals surface area contributed by atoms with Crippen molar-refractivity contribution in [1.29, 1.82) is 0 Å².